The largest absolute Gasteiger partial charge is 0.465 e. The molecule has 13 heavy (non-hydrogen) atoms. The molecule has 1 aromatic rings. The minimum absolute atomic E-state index is 0.172. The molecule has 0 fully saturated rings. The number of aliphatic hydroxyl groups excluding tert-OH is 1. The van der Waals surface area contributed by atoms with Crippen LogP contribution in [0, 0.1) is 6.92 Å². The van der Waals surface area contributed by atoms with Crippen molar-refractivity contribution in [2.45, 2.75) is 32.9 Å². The Labute approximate surface area is 78.8 Å². The fourth-order valence-corrected chi connectivity index (χ4v) is 1.16. The van der Waals surface area contributed by atoms with Crippen molar-refractivity contribution in [3.8, 4) is 0 Å². The average molecular weight is 183 g/mol. The van der Waals surface area contributed by atoms with E-state index in [2.05, 4.69) is 5.32 Å². The molecule has 1 atom stereocenters. The zero-order chi connectivity index (χ0) is 9.68. The first-order valence-electron chi connectivity index (χ1n) is 4.65. The number of nitrogens with one attached hydrogen (secondary N) is 1. The Morgan fingerprint density at radius 1 is 1.54 bits per heavy atom. The summed E-state index contributed by atoms with van der Waals surface area (Å²) in [6.07, 6.45) is 0.927. The predicted octanol–water partition coefficient (Wildman–Crippen LogP) is 1.45. The third-order valence-corrected chi connectivity index (χ3v) is 2.07. The first kappa shape index (κ1) is 10.3. The van der Waals surface area contributed by atoms with E-state index in [1.165, 1.54) is 0 Å². The van der Waals surface area contributed by atoms with Gasteiger partial charge in [-0.25, -0.2) is 0 Å². The summed E-state index contributed by atoms with van der Waals surface area (Å²) in [6.45, 7) is 4.83. The van der Waals surface area contributed by atoms with Crippen molar-refractivity contribution in [2.75, 3.05) is 6.61 Å². The number of furan rings is 1. The highest BCUT2D eigenvalue weighted by Gasteiger charge is 2.04. The number of hydrogen-bond acceptors (Lipinski definition) is 3. The van der Waals surface area contributed by atoms with E-state index in [0.717, 1.165) is 17.9 Å². The smallest absolute Gasteiger partial charge is 0.117 e. The van der Waals surface area contributed by atoms with Crippen molar-refractivity contribution < 1.29 is 9.52 Å². The molecule has 0 bridgehead atoms. The van der Waals surface area contributed by atoms with Crippen LogP contribution in [0.2, 0.25) is 0 Å². The van der Waals surface area contributed by atoms with Crippen molar-refractivity contribution in [2.24, 2.45) is 0 Å². The lowest BCUT2D eigenvalue weighted by atomic mass is 10.2. The fourth-order valence-electron chi connectivity index (χ4n) is 1.16. The molecule has 0 saturated heterocycles. The van der Waals surface area contributed by atoms with Crippen LogP contribution < -0.4 is 5.32 Å². The van der Waals surface area contributed by atoms with Gasteiger partial charge < -0.3 is 14.8 Å². The third-order valence-electron chi connectivity index (χ3n) is 2.07. The minimum Gasteiger partial charge on any atom is -0.465 e. The van der Waals surface area contributed by atoms with Gasteiger partial charge in [-0.3, -0.25) is 0 Å². The van der Waals surface area contributed by atoms with Crippen LogP contribution in [0.1, 0.15) is 24.9 Å². The second kappa shape index (κ2) is 5.04. The monoisotopic (exact) mass is 183 g/mol. The van der Waals surface area contributed by atoms with Crippen molar-refractivity contribution in [3.63, 3.8) is 0 Å². The highest BCUT2D eigenvalue weighted by Crippen LogP contribution is 2.06. The van der Waals surface area contributed by atoms with Crippen LogP contribution in [-0.4, -0.2) is 17.8 Å². The quantitative estimate of drug-likeness (QED) is 0.726. The molecule has 2 N–H and O–H groups in total. The minimum atomic E-state index is 0.172. The van der Waals surface area contributed by atoms with Crippen molar-refractivity contribution >= 4 is 0 Å². The van der Waals surface area contributed by atoms with Gasteiger partial charge >= 0.3 is 0 Å². The summed E-state index contributed by atoms with van der Waals surface area (Å²) in [5, 5.41) is 12.1. The summed E-state index contributed by atoms with van der Waals surface area (Å²) < 4.78 is 5.38. The topological polar surface area (TPSA) is 45.4 Å². The molecule has 74 valence electrons. The Morgan fingerprint density at radius 2 is 2.31 bits per heavy atom. The van der Waals surface area contributed by atoms with E-state index < -0.39 is 0 Å². The van der Waals surface area contributed by atoms with Crippen molar-refractivity contribution in [1.29, 1.82) is 0 Å². The van der Waals surface area contributed by atoms with E-state index in [9.17, 15) is 0 Å². The summed E-state index contributed by atoms with van der Waals surface area (Å²) in [5.74, 6) is 1.85. The second-order valence-corrected chi connectivity index (χ2v) is 3.18. The molecule has 1 rings (SSSR count). The van der Waals surface area contributed by atoms with Gasteiger partial charge in [0, 0.05) is 6.04 Å². The average Bonchev–Trinajstić information content (AvgIpc) is 2.53. The summed E-state index contributed by atoms with van der Waals surface area (Å²) in [5.41, 5.74) is 0. The van der Waals surface area contributed by atoms with Gasteiger partial charge in [0.25, 0.3) is 0 Å². The van der Waals surface area contributed by atoms with E-state index in [-0.39, 0.29) is 12.6 Å². The Morgan fingerprint density at radius 3 is 2.77 bits per heavy atom. The summed E-state index contributed by atoms with van der Waals surface area (Å²) >= 11 is 0. The molecule has 0 aliphatic heterocycles. The summed E-state index contributed by atoms with van der Waals surface area (Å²) in [7, 11) is 0. The Balaban J connectivity index is 2.33. The van der Waals surface area contributed by atoms with Gasteiger partial charge in [-0.2, -0.15) is 0 Å². The lowest BCUT2D eigenvalue weighted by Gasteiger charge is -2.12. The summed E-state index contributed by atoms with van der Waals surface area (Å²) in [4.78, 5) is 0. The molecule has 0 aliphatic carbocycles. The van der Waals surface area contributed by atoms with Crippen LogP contribution in [0.4, 0.5) is 0 Å². The molecule has 3 nitrogen and oxygen atoms in total. The van der Waals surface area contributed by atoms with Crippen LogP contribution in [0.3, 0.4) is 0 Å². The van der Waals surface area contributed by atoms with E-state index in [0.29, 0.717) is 6.54 Å². The van der Waals surface area contributed by atoms with E-state index >= 15 is 0 Å². The van der Waals surface area contributed by atoms with Gasteiger partial charge in [0.1, 0.15) is 11.5 Å². The molecule has 1 heterocycles. The number of rotatable bonds is 5. The normalized spacial score (nSPS) is 13.2. The van der Waals surface area contributed by atoms with Gasteiger partial charge in [0.2, 0.25) is 0 Å². The van der Waals surface area contributed by atoms with Gasteiger partial charge in [0.05, 0.1) is 13.2 Å². The zero-order valence-electron chi connectivity index (χ0n) is 8.21. The second-order valence-electron chi connectivity index (χ2n) is 3.18. The Hall–Kier alpha value is -0.800. The zero-order valence-corrected chi connectivity index (χ0v) is 8.21. The van der Waals surface area contributed by atoms with Crippen LogP contribution >= 0.6 is 0 Å². The molecule has 0 amide bonds. The maximum atomic E-state index is 8.92. The lowest BCUT2D eigenvalue weighted by molar-refractivity contribution is 0.235. The van der Waals surface area contributed by atoms with Crippen molar-refractivity contribution in [3.05, 3.63) is 23.7 Å². The molecule has 1 aromatic heterocycles. The molecule has 1 unspecified atom stereocenters. The third kappa shape index (κ3) is 3.20. The molecule has 3 heteroatoms. The molecule has 0 spiro atoms. The Kier molecular flexibility index (Phi) is 3.99. The van der Waals surface area contributed by atoms with Gasteiger partial charge in [0.15, 0.2) is 0 Å². The van der Waals surface area contributed by atoms with Crippen molar-refractivity contribution in [1.82, 2.24) is 5.32 Å². The van der Waals surface area contributed by atoms with Crippen LogP contribution in [0.25, 0.3) is 0 Å². The maximum absolute atomic E-state index is 8.92. The number of aliphatic hydroxyl groups is 1. The van der Waals surface area contributed by atoms with Crippen LogP contribution in [0.5, 0.6) is 0 Å². The maximum Gasteiger partial charge on any atom is 0.117 e. The predicted molar refractivity (Wildman–Crippen MR) is 51.4 cm³/mol. The van der Waals surface area contributed by atoms with Crippen LogP contribution in [-0.2, 0) is 6.54 Å². The SMILES string of the molecule is CCC(CO)NCc1ccc(C)o1. The number of hydrogen-bond donors (Lipinski definition) is 2. The van der Waals surface area contributed by atoms with E-state index in [1.807, 2.05) is 26.0 Å². The fraction of sp³-hybridized carbons (Fsp3) is 0.600. The first-order chi connectivity index (χ1) is 6.26. The highest BCUT2D eigenvalue weighted by atomic mass is 16.3. The molecular formula is C10H17NO2. The molecule has 0 aromatic carbocycles. The Bertz CT molecular complexity index is 241. The molecule has 0 saturated carbocycles. The highest BCUT2D eigenvalue weighted by molar-refractivity contribution is 5.05. The van der Waals surface area contributed by atoms with Crippen LogP contribution in [0.15, 0.2) is 16.5 Å². The van der Waals surface area contributed by atoms with Gasteiger partial charge in [-0.1, -0.05) is 6.92 Å². The van der Waals surface area contributed by atoms with E-state index in [4.69, 9.17) is 9.52 Å². The summed E-state index contributed by atoms with van der Waals surface area (Å²) in [6, 6.07) is 4.06. The van der Waals surface area contributed by atoms with E-state index in [1.54, 1.807) is 0 Å². The molecular weight excluding hydrogens is 166 g/mol. The van der Waals surface area contributed by atoms with Gasteiger partial charge in [-0.05, 0) is 25.5 Å². The lowest BCUT2D eigenvalue weighted by Crippen LogP contribution is -2.30. The molecule has 0 aliphatic rings. The first-order valence-corrected chi connectivity index (χ1v) is 4.65. The van der Waals surface area contributed by atoms with Gasteiger partial charge in [-0.15, -0.1) is 0 Å². The number of aryl methyl sites for hydroxylation is 1. The standard InChI is InChI=1S/C10H17NO2/c1-3-9(7-12)11-6-10-5-4-8(2)13-10/h4-5,9,11-12H,3,6-7H2,1-2H3. The molecule has 0 radical (unpaired) electrons.